The van der Waals surface area contributed by atoms with Crippen molar-refractivity contribution in [3.63, 3.8) is 0 Å². The number of benzene rings is 1. The van der Waals surface area contributed by atoms with Crippen molar-refractivity contribution in [3.05, 3.63) is 64.6 Å². The van der Waals surface area contributed by atoms with Crippen LogP contribution in [0.2, 0.25) is 0 Å². The lowest BCUT2D eigenvalue weighted by Gasteiger charge is -2.34. The SMILES string of the molecule is O=C(c1cn[nH]c1-c1ccc([N+](=O)[O-])cc1)N1CCN(c2ncccn2)CC1. The summed E-state index contributed by atoms with van der Waals surface area (Å²) >= 11 is 0. The molecule has 0 aliphatic carbocycles. The van der Waals surface area contributed by atoms with E-state index in [1.54, 1.807) is 35.5 Å². The van der Waals surface area contributed by atoms with E-state index in [0.717, 1.165) is 0 Å². The van der Waals surface area contributed by atoms with Crippen molar-refractivity contribution >= 4 is 17.5 Å². The molecule has 3 heterocycles. The summed E-state index contributed by atoms with van der Waals surface area (Å²) < 4.78 is 0. The second kappa shape index (κ2) is 7.43. The molecule has 0 atom stereocenters. The van der Waals surface area contributed by atoms with Crippen LogP contribution in [-0.4, -0.2) is 62.1 Å². The fourth-order valence-corrected chi connectivity index (χ4v) is 3.15. The van der Waals surface area contributed by atoms with Gasteiger partial charge in [0.25, 0.3) is 11.6 Å². The van der Waals surface area contributed by atoms with Crippen molar-refractivity contribution in [3.8, 4) is 11.3 Å². The number of H-pyrrole nitrogens is 1. The first-order chi connectivity index (χ1) is 13.6. The average molecular weight is 379 g/mol. The molecule has 0 unspecified atom stereocenters. The second-order valence-electron chi connectivity index (χ2n) is 6.29. The van der Waals surface area contributed by atoms with E-state index < -0.39 is 4.92 Å². The topological polar surface area (TPSA) is 121 Å². The Bertz CT molecular complexity index is 980. The Morgan fingerprint density at radius 2 is 1.75 bits per heavy atom. The second-order valence-corrected chi connectivity index (χ2v) is 6.29. The van der Waals surface area contributed by atoms with Gasteiger partial charge in [0.2, 0.25) is 5.95 Å². The van der Waals surface area contributed by atoms with E-state index in [9.17, 15) is 14.9 Å². The van der Waals surface area contributed by atoms with E-state index in [-0.39, 0.29) is 11.6 Å². The number of non-ortho nitro benzene ring substituents is 1. The standard InChI is InChI=1S/C18H17N7O3/c26-17(23-8-10-24(11-9-23)18-19-6-1-7-20-18)15-12-21-22-16(15)13-2-4-14(5-3-13)25(27)28/h1-7,12H,8-11H2,(H,21,22). The van der Waals surface area contributed by atoms with Crippen LogP contribution in [0.3, 0.4) is 0 Å². The first-order valence-electron chi connectivity index (χ1n) is 8.73. The summed E-state index contributed by atoms with van der Waals surface area (Å²) in [7, 11) is 0. The fourth-order valence-electron chi connectivity index (χ4n) is 3.15. The fraction of sp³-hybridized carbons (Fsp3) is 0.222. The number of carbonyl (C=O) groups excluding carboxylic acids is 1. The van der Waals surface area contributed by atoms with Gasteiger partial charge in [0, 0.05) is 56.3 Å². The Hall–Kier alpha value is -3.82. The number of rotatable bonds is 4. The lowest BCUT2D eigenvalue weighted by Crippen LogP contribution is -2.49. The van der Waals surface area contributed by atoms with Crippen LogP contribution < -0.4 is 4.90 Å². The summed E-state index contributed by atoms with van der Waals surface area (Å²) in [4.78, 5) is 35.6. The van der Waals surface area contributed by atoms with Crippen LogP contribution in [0.5, 0.6) is 0 Å². The van der Waals surface area contributed by atoms with Gasteiger partial charge < -0.3 is 9.80 Å². The number of nitro benzene ring substituents is 1. The highest BCUT2D eigenvalue weighted by molar-refractivity contribution is 5.99. The molecule has 1 aliphatic heterocycles. The van der Waals surface area contributed by atoms with E-state index in [0.29, 0.717) is 48.9 Å². The largest absolute Gasteiger partial charge is 0.337 e. The van der Waals surface area contributed by atoms with Gasteiger partial charge in [-0.25, -0.2) is 9.97 Å². The molecule has 3 aromatic rings. The molecule has 28 heavy (non-hydrogen) atoms. The molecule has 1 N–H and O–H groups in total. The summed E-state index contributed by atoms with van der Waals surface area (Å²) in [6.45, 7) is 2.37. The summed E-state index contributed by atoms with van der Waals surface area (Å²) in [5.41, 5.74) is 1.66. The minimum atomic E-state index is -0.460. The predicted molar refractivity (Wildman–Crippen MR) is 101 cm³/mol. The van der Waals surface area contributed by atoms with E-state index >= 15 is 0 Å². The highest BCUT2D eigenvalue weighted by Crippen LogP contribution is 2.25. The molecule has 2 aromatic heterocycles. The zero-order chi connectivity index (χ0) is 19.5. The molecular formula is C18H17N7O3. The van der Waals surface area contributed by atoms with Crippen LogP contribution in [0.25, 0.3) is 11.3 Å². The normalized spacial score (nSPS) is 14.1. The minimum absolute atomic E-state index is 0.00426. The van der Waals surface area contributed by atoms with Gasteiger partial charge in [0.1, 0.15) is 0 Å². The lowest BCUT2D eigenvalue weighted by atomic mass is 10.1. The van der Waals surface area contributed by atoms with Crippen LogP contribution in [0.4, 0.5) is 11.6 Å². The summed E-state index contributed by atoms with van der Waals surface area (Å²) in [5.74, 6) is 0.528. The number of anilines is 1. The third-order valence-electron chi connectivity index (χ3n) is 4.64. The Labute approximate surface area is 160 Å². The summed E-state index contributed by atoms with van der Waals surface area (Å²) in [6, 6.07) is 7.79. The van der Waals surface area contributed by atoms with Gasteiger partial charge in [-0.05, 0) is 18.2 Å². The Morgan fingerprint density at radius 1 is 1.07 bits per heavy atom. The van der Waals surface area contributed by atoms with Crippen molar-refractivity contribution < 1.29 is 9.72 Å². The molecule has 1 fully saturated rings. The van der Waals surface area contributed by atoms with E-state index in [1.165, 1.54) is 18.3 Å². The number of aromatic nitrogens is 4. The van der Waals surface area contributed by atoms with Crippen molar-refractivity contribution in [2.75, 3.05) is 31.1 Å². The number of aromatic amines is 1. The van der Waals surface area contributed by atoms with Gasteiger partial charge in [-0.2, -0.15) is 5.10 Å². The van der Waals surface area contributed by atoms with Crippen LogP contribution in [0.1, 0.15) is 10.4 Å². The smallest absolute Gasteiger partial charge is 0.269 e. The molecular weight excluding hydrogens is 362 g/mol. The van der Waals surface area contributed by atoms with E-state index in [1.807, 2.05) is 4.90 Å². The van der Waals surface area contributed by atoms with Crippen LogP contribution in [0.15, 0.2) is 48.9 Å². The highest BCUT2D eigenvalue weighted by Gasteiger charge is 2.26. The maximum Gasteiger partial charge on any atom is 0.269 e. The van der Waals surface area contributed by atoms with Crippen molar-refractivity contribution in [1.29, 1.82) is 0 Å². The number of carbonyl (C=O) groups is 1. The molecule has 0 bridgehead atoms. The lowest BCUT2D eigenvalue weighted by molar-refractivity contribution is -0.384. The molecule has 4 rings (SSSR count). The molecule has 10 nitrogen and oxygen atoms in total. The van der Waals surface area contributed by atoms with E-state index in [2.05, 4.69) is 20.2 Å². The number of amides is 1. The molecule has 1 aliphatic rings. The van der Waals surface area contributed by atoms with Crippen LogP contribution >= 0.6 is 0 Å². The number of nitrogens with zero attached hydrogens (tertiary/aromatic N) is 6. The molecule has 1 amide bonds. The first-order valence-corrected chi connectivity index (χ1v) is 8.73. The Balaban J connectivity index is 1.48. The quantitative estimate of drug-likeness (QED) is 0.541. The first kappa shape index (κ1) is 17.6. The Morgan fingerprint density at radius 3 is 2.39 bits per heavy atom. The highest BCUT2D eigenvalue weighted by atomic mass is 16.6. The van der Waals surface area contributed by atoms with Gasteiger partial charge in [-0.1, -0.05) is 0 Å². The van der Waals surface area contributed by atoms with Crippen LogP contribution in [0, 0.1) is 10.1 Å². The number of nitrogens with one attached hydrogen (secondary N) is 1. The monoisotopic (exact) mass is 379 g/mol. The predicted octanol–water partition coefficient (Wildman–Crippen LogP) is 1.74. The molecule has 142 valence electrons. The number of hydrogen-bond donors (Lipinski definition) is 1. The van der Waals surface area contributed by atoms with Crippen LogP contribution in [-0.2, 0) is 0 Å². The molecule has 0 saturated carbocycles. The average Bonchev–Trinajstić information content (AvgIpc) is 3.24. The van der Waals surface area contributed by atoms with Crippen molar-refractivity contribution in [2.24, 2.45) is 0 Å². The number of nitro groups is 1. The van der Waals surface area contributed by atoms with Gasteiger partial charge in [-0.15, -0.1) is 0 Å². The minimum Gasteiger partial charge on any atom is -0.337 e. The Kier molecular flexibility index (Phi) is 4.67. The number of piperazine rings is 1. The molecule has 0 radical (unpaired) electrons. The third-order valence-corrected chi connectivity index (χ3v) is 4.64. The van der Waals surface area contributed by atoms with Crippen molar-refractivity contribution in [1.82, 2.24) is 25.1 Å². The van der Waals surface area contributed by atoms with Gasteiger partial charge >= 0.3 is 0 Å². The summed E-state index contributed by atoms with van der Waals surface area (Å²) in [6.07, 6.45) is 4.88. The van der Waals surface area contributed by atoms with Gasteiger partial charge in [-0.3, -0.25) is 20.0 Å². The third kappa shape index (κ3) is 3.39. The van der Waals surface area contributed by atoms with Gasteiger partial charge in [0.15, 0.2) is 0 Å². The summed E-state index contributed by atoms with van der Waals surface area (Å²) in [5, 5.41) is 17.6. The zero-order valence-corrected chi connectivity index (χ0v) is 14.9. The molecule has 0 spiro atoms. The van der Waals surface area contributed by atoms with E-state index in [4.69, 9.17) is 0 Å². The van der Waals surface area contributed by atoms with Gasteiger partial charge in [0.05, 0.1) is 22.4 Å². The zero-order valence-electron chi connectivity index (χ0n) is 14.9. The maximum atomic E-state index is 13.0. The number of hydrogen-bond acceptors (Lipinski definition) is 7. The van der Waals surface area contributed by atoms with Crippen molar-refractivity contribution in [2.45, 2.75) is 0 Å². The molecule has 10 heteroatoms. The molecule has 1 aromatic carbocycles. The molecule has 1 saturated heterocycles. The maximum absolute atomic E-state index is 13.0.